The fraction of sp³-hybridized carbons (Fsp3) is 0.647. The maximum Gasteiger partial charge on any atom is 0.119 e. The van der Waals surface area contributed by atoms with Crippen LogP contribution in [0, 0.1) is 5.41 Å². The highest BCUT2D eigenvalue weighted by atomic mass is 16.5. The first-order chi connectivity index (χ1) is 8.63. The summed E-state index contributed by atoms with van der Waals surface area (Å²) in [5.41, 5.74) is 1.89. The van der Waals surface area contributed by atoms with Crippen LogP contribution in [0.25, 0.3) is 0 Å². The predicted molar refractivity (Wildman–Crippen MR) is 79.2 cm³/mol. The van der Waals surface area contributed by atoms with Gasteiger partial charge in [-0.1, -0.05) is 52.7 Å². The van der Waals surface area contributed by atoms with E-state index in [1.165, 1.54) is 24.8 Å². The van der Waals surface area contributed by atoms with Crippen LogP contribution in [-0.2, 0) is 6.42 Å². The van der Waals surface area contributed by atoms with E-state index in [9.17, 15) is 0 Å². The van der Waals surface area contributed by atoms with Crippen molar-refractivity contribution in [1.29, 1.82) is 0 Å². The van der Waals surface area contributed by atoms with E-state index in [-0.39, 0.29) is 0 Å². The summed E-state index contributed by atoms with van der Waals surface area (Å²) >= 11 is 0. The molecule has 0 spiro atoms. The molecule has 102 valence electrons. The Morgan fingerprint density at radius 1 is 1.11 bits per heavy atom. The summed E-state index contributed by atoms with van der Waals surface area (Å²) < 4.78 is 5.68. The minimum atomic E-state index is 0.486. The SMILES string of the molecule is CCCOc1cccc(CCC(C)(CC)CC)c1. The largest absolute Gasteiger partial charge is 0.494 e. The van der Waals surface area contributed by atoms with Gasteiger partial charge in [-0.2, -0.15) is 0 Å². The number of hydrogen-bond donors (Lipinski definition) is 0. The molecule has 0 radical (unpaired) electrons. The maximum atomic E-state index is 5.68. The summed E-state index contributed by atoms with van der Waals surface area (Å²) in [5, 5.41) is 0. The summed E-state index contributed by atoms with van der Waals surface area (Å²) in [5.74, 6) is 1.02. The molecule has 0 aliphatic carbocycles. The van der Waals surface area contributed by atoms with Crippen molar-refractivity contribution in [2.45, 2.75) is 59.8 Å². The quantitative estimate of drug-likeness (QED) is 0.611. The van der Waals surface area contributed by atoms with Crippen LogP contribution in [0.3, 0.4) is 0 Å². The Bertz CT molecular complexity index is 339. The zero-order valence-corrected chi connectivity index (χ0v) is 12.5. The lowest BCUT2D eigenvalue weighted by Crippen LogP contribution is -2.14. The second-order valence-electron chi connectivity index (χ2n) is 5.51. The van der Waals surface area contributed by atoms with Crippen LogP contribution in [0.15, 0.2) is 24.3 Å². The van der Waals surface area contributed by atoms with Crippen LogP contribution in [0.5, 0.6) is 5.75 Å². The number of ether oxygens (including phenoxy) is 1. The molecule has 1 rings (SSSR count). The molecule has 18 heavy (non-hydrogen) atoms. The van der Waals surface area contributed by atoms with Gasteiger partial charge in [0.25, 0.3) is 0 Å². The second-order valence-corrected chi connectivity index (χ2v) is 5.51. The van der Waals surface area contributed by atoms with E-state index in [1.54, 1.807) is 0 Å². The third kappa shape index (κ3) is 4.72. The van der Waals surface area contributed by atoms with Crippen molar-refractivity contribution < 1.29 is 4.74 Å². The molecule has 0 atom stereocenters. The van der Waals surface area contributed by atoms with Crippen LogP contribution in [0.1, 0.15) is 58.9 Å². The third-order valence-corrected chi connectivity index (χ3v) is 4.10. The maximum absolute atomic E-state index is 5.68. The van der Waals surface area contributed by atoms with Crippen LogP contribution < -0.4 is 4.74 Å². The van der Waals surface area contributed by atoms with Gasteiger partial charge in [-0.3, -0.25) is 0 Å². The van der Waals surface area contributed by atoms with Crippen molar-refractivity contribution in [2.75, 3.05) is 6.61 Å². The van der Waals surface area contributed by atoms with Crippen molar-refractivity contribution in [1.82, 2.24) is 0 Å². The molecule has 0 amide bonds. The summed E-state index contributed by atoms with van der Waals surface area (Å²) in [7, 11) is 0. The summed E-state index contributed by atoms with van der Waals surface area (Å²) in [4.78, 5) is 0. The lowest BCUT2D eigenvalue weighted by Gasteiger charge is -2.26. The first-order valence-corrected chi connectivity index (χ1v) is 7.35. The van der Waals surface area contributed by atoms with Crippen molar-refractivity contribution in [3.05, 3.63) is 29.8 Å². The zero-order valence-electron chi connectivity index (χ0n) is 12.5. The highest BCUT2D eigenvalue weighted by Gasteiger charge is 2.18. The van der Waals surface area contributed by atoms with Crippen LogP contribution in [-0.4, -0.2) is 6.61 Å². The van der Waals surface area contributed by atoms with Gasteiger partial charge >= 0.3 is 0 Å². The summed E-state index contributed by atoms with van der Waals surface area (Å²) in [6.07, 6.45) is 6.00. The van der Waals surface area contributed by atoms with Gasteiger partial charge in [0.2, 0.25) is 0 Å². The molecule has 1 heteroatoms. The van der Waals surface area contributed by atoms with Gasteiger partial charge in [-0.25, -0.2) is 0 Å². The first kappa shape index (κ1) is 15.1. The molecule has 1 aromatic carbocycles. The van der Waals surface area contributed by atoms with Crippen LogP contribution >= 0.6 is 0 Å². The van der Waals surface area contributed by atoms with Crippen molar-refractivity contribution in [3.63, 3.8) is 0 Å². The number of rotatable bonds is 8. The molecule has 0 saturated heterocycles. The second kappa shape index (κ2) is 7.45. The van der Waals surface area contributed by atoms with E-state index in [0.29, 0.717) is 5.41 Å². The van der Waals surface area contributed by atoms with Gasteiger partial charge in [-0.05, 0) is 42.4 Å². The molecule has 0 aromatic heterocycles. The Morgan fingerprint density at radius 3 is 2.44 bits per heavy atom. The average Bonchev–Trinajstić information content (AvgIpc) is 2.43. The summed E-state index contributed by atoms with van der Waals surface area (Å²) in [6, 6.07) is 8.57. The number of hydrogen-bond acceptors (Lipinski definition) is 1. The third-order valence-electron chi connectivity index (χ3n) is 4.10. The topological polar surface area (TPSA) is 9.23 Å². The molecule has 0 bridgehead atoms. The smallest absolute Gasteiger partial charge is 0.119 e. The molecule has 0 aliphatic rings. The van der Waals surface area contributed by atoms with Crippen molar-refractivity contribution in [2.24, 2.45) is 5.41 Å². The fourth-order valence-electron chi connectivity index (χ4n) is 2.06. The zero-order chi connectivity index (χ0) is 13.4. The van der Waals surface area contributed by atoms with E-state index >= 15 is 0 Å². The molecule has 1 aromatic rings. The molecular formula is C17H28O. The first-order valence-electron chi connectivity index (χ1n) is 7.35. The van der Waals surface area contributed by atoms with Gasteiger partial charge in [-0.15, -0.1) is 0 Å². The average molecular weight is 248 g/mol. The van der Waals surface area contributed by atoms with Crippen LogP contribution in [0.4, 0.5) is 0 Å². The fourth-order valence-corrected chi connectivity index (χ4v) is 2.06. The van der Waals surface area contributed by atoms with Crippen molar-refractivity contribution >= 4 is 0 Å². The van der Waals surface area contributed by atoms with Crippen molar-refractivity contribution in [3.8, 4) is 5.75 Å². The van der Waals surface area contributed by atoms with E-state index in [2.05, 4.69) is 52.0 Å². The van der Waals surface area contributed by atoms with E-state index < -0.39 is 0 Å². The summed E-state index contributed by atoms with van der Waals surface area (Å²) in [6.45, 7) is 9.93. The highest BCUT2D eigenvalue weighted by Crippen LogP contribution is 2.31. The monoisotopic (exact) mass is 248 g/mol. The lowest BCUT2D eigenvalue weighted by atomic mass is 9.79. The minimum absolute atomic E-state index is 0.486. The Balaban J connectivity index is 2.56. The Morgan fingerprint density at radius 2 is 1.83 bits per heavy atom. The normalized spacial score (nSPS) is 11.6. The molecule has 0 saturated carbocycles. The molecule has 1 nitrogen and oxygen atoms in total. The Labute approximate surface area is 113 Å². The highest BCUT2D eigenvalue weighted by molar-refractivity contribution is 5.28. The standard InChI is InChI=1S/C17H28O/c1-5-13-18-16-10-8-9-15(14-16)11-12-17(4,6-2)7-3/h8-10,14H,5-7,11-13H2,1-4H3. The van der Waals surface area contributed by atoms with E-state index in [4.69, 9.17) is 4.74 Å². The minimum Gasteiger partial charge on any atom is -0.494 e. The lowest BCUT2D eigenvalue weighted by molar-refractivity contribution is 0.273. The van der Waals surface area contributed by atoms with Gasteiger partial charge in [0.1, 0.15) is 5.75 Å². The molecule has 0 heterocycles. The van der Waals surface area contributed by atoms with Gasteiger partial charge in [0.15, 0.2) is 0 Å². The predicted octanol–water partition coefficient (Wildman–Crippen LogP) is 5.23. The van der Waals surface area contributed by atoms with Gasteiger partial charge in [0.05, 0.1) is 6.61 Å². The van der Waals surface area contributed by atoms with E-state index in [1.807, 2.05) is 0 Å². The van der Waals surface area contributed by atoms with Gasteiger partial charge in [0, 0.05) is 0 Å². The number of benzene rings is 1. The number of aryl methyl sites for hydroxylation is 1. The molecule has 0 aliphatic heterocycles. The molecule has 0 N–H and O–H groups in total. The molecule has 0 unspecified atom stereocenters. The van der Waals surface area contributed by atoms with Crippen LogP contribution in [0.2, 0.25) is 0 Å². The van der Waals surface area contributed by atoms with Gasteiger partial charge < -0.3 is 4.74 Å². The molecular weight excluding hydrogens is 220 g/mol. The van der Waals surface area contributed by atoms with E-state index in [0.717, 1.165) is 25.2 Å². The molecule has 0 fully saturated rings. The Kier molecular flexibility index (Phi) is 6.24. The Hall–Kier alpha value is -0.980.